The molecule has 0 saturated carbocycles. The summed E-state index contributed by atoms with van der Waals surface area (Å²) in [5.41, 5.74) is 0.249. The number of hydrogen-bond acceptors (Lipinski definition) is 5. The average molecular weight is 332 g/mol. The van der Waals surface area contributed by atoms with Gasteiger partial charge in [-0.1, -0.05) is 17.7 Å². The molecular weight excluding hydrogens is 318 g/mol. The monoisotopic (exact) mass is 331 g/mol. The maximum absolute atomic E-state index is 11.7. The van der Waals surface area contributed by atoms with E-state index in [0.29, 0.717) is 11.4 Å². The van der Waals surface area contributed by atoms with E-state index >= 15 is 0 Å². The molecule has 0 aliphatic carbocycles. The summed E-state index contributed by atoms with van der Waals surface area (Å²) in [6.45, 7) is -0.456. The van der Waals surface area contributed by atoms with Crippen LogP contribution in [-0.2, 0) is 19.4 Å². The van der Waals surface area contributed by atoms with E-state index in [1.807, 2.05) is 0 Å². The third-order valence-corrected chi connectivity index (χ3v) is 5.00. The van der Waals surface area contributed by atoms with Gasteiger partial charge in [0, 0.05) is 11.1 Å². The van der Waals surface area contributed by atoms with Gasteiger partial charge in [0.15, 0.2) is 16.4 Å². The maximum Gasteiger partial charge on any atom is 0.338 e. The molecule has 0 radical (unpaired) electrons. The first-order valence-electron chi connectivity index (χ1n) is 6.28. The second-order valence-corrected chi connectivity index (χ2v) is 7.42. The smallest absolute Gasteiger partial charge is 0.338 e. The van der Waals surface area contributed by atoms with Gasteiger partial charge in [-0.3, -0.25) is 4.79 Å². The SMILES string of the molecule is O=C(COC(=O)c1cccc(Cl)c1)N[C@@H]1CCS(=O)(=O)C1. The van der Waals surface area contributed by atoms with Gasteiger partial charge in [-0.15, -0.1) is 0 Å². The van der Waals surface area contributed by atoms with Crippen molar-refractivity contribution in [2.75, 3.05) is 18.1 Å². The Hall–Kier alpha value is -1.60. The van der Waals surface area contributed by atoms with E-state index in [2.05, 4.69) is 5.32 Å². The van der Waals surface area contributed by atoms with Crippen LogP contribution in [0, 0.1) is 0 Å². The highest BCUT2D eigenvalue weighted by Crippen LogP contribution is 2.12. The molecule has 0 spiro atoms. The number of esters is 1. The van der Waals surface area contributed by atoms with Gasteiger partial charge in [-0.05, 0) is 24.6 Å². The lowest BCUT2D eigenvalue weighted by Gasteiger charge is -2.11. The molecule has 8 heteroatoms. The Balaban J connectivity index is 1.80. The van der Waals surface area contributed by atoms with Crippen molar-refractivity contribution in [3.05, 3.63) is 34.9 Å². The fraction of sp³-hybridized carbons (Fsp3) is 0.385. The zero-order valence-corrected chi connectivity index (χ0v) is 12.6. The molecule has 1 heterocycles. The predicted octanol–water partition coefficient (Wildman–Crippen LogP) is 0.800. The van der Waals surface area contributed by atoms with E-state index < -0.39 is 34.4 Å². The number of nitrogens with one attached hydrogen (secondary N) is 1. The maximum atomic E-state index is 11.7. The molecule has 0 aromatic heterocycles. The van der Waals surface area contributed by atoms with Crippen molar-refractivity contribution in [3.63, 3.8) is 0 Å². The number of rotatable bonds is 4. The van der Waals surface area contributed by atoms with Crippen LogP contribution in [0.2, 0.25) is 5.02 Å². The number of hydrogen-bond donors (Lipinski definition) is 1. The first-order valence-corrected chi connectivity index (χ1v) is 8.48. The zero-order chi connectivity index (χ0) is 15.5. The van der Waals surface area contributed by atoms with Crippen molar-refractivity contribution >= 4 is 33.3 Å². The van der Waals surface area contributed by atoms with Crippen LogP contribution in [0.5, 0.6) is 0 Å². The molecular formula is C13H14ClNO5S. The quantitative estimate of drug-likeness (QED) is 0.824. The third kappa shape index (κ3) is 4.71. The highest BCUT2D eigenvalue weighted by Gasteiger charge is 2.29. The molecule has 6 nitrogen and oxygen atoms in total. The van der Waals surface area contributed by atoms with Crippen molar-refractivity contribution in [3.8, 4) is 0 Å². The number of benzene rings is 1. The Morgan fingerprint density at radius 2 is 2.14 bits per heavy atom. The van der Waals surface area contributed by atoms with Gasteiger partial charge in [0.1, 0.15) is 0 Å². The van der Waals surface area contributed by atoms with E-state index in [1.165, 1.54) is 12.1 Å². The van der Waals surface area contributed by atoms with Crippen LogP contribution in [0.4, 0.5) is 0 Å². The molecule has 21 heavy (non-hydrogen) atoms. The summed E-state index contributed by atoms with van der Waals surface area (Å²) >= 11 is 5.75. The van der Waals surface area contributed by atoms with Gasteiger partial charge < -0.3 is 10.1 Å². The van der Waals surface area contributed by atoms with Crippen LogP contribution in [0.1, 0.15) is 16.8 Å². The molecule has 1 fully saturated rings. The Labute approximate surface area is 127 Å². The summed E-state index contributed by atoms with van der Waals surface area (Å²) in [5, 5.41) is 2.92. The van der Waals surface area contributed by atoms with Crippen LogP contribution in [0.15, 0.2) is 24.3 Å². The molecule has 1 aromatic carbocycles. The summed E-state index contributed by atoms with van der Waals surface area (Å²) in [6, 6.07) is 5.77. The number of amides is 1. The topological polar surface area (TPSA) is 89.5 Å². The summed E-state index contributed by atoms with van der Waals surface area (Å²) in [7, 11) is -3.06. The molecule has 1 N–H and O–H groups in total. The fourth-order valence-corrected chi connectivity index (χ4v) is 3.87. The van der Waals surface area contributed by atoms with Gasteiger partial charge in [-0.2, -0.15) is 0 Å². The minimum atomic E-state index is -3.06. The van der Waals surface area contributed by atoms with Crippen LogP contribution in [0.3, 0.4) is 0 Å². The first-order chi connectivity index (χ1) is 9.85. The van der Waals surface area contributed by atoms with E-state index in [0.717, 1.165) is 0 Å². The second-order valence-electron chi connectivity index (χ2n) is 4.75. The average Bonchev–Trinajstić information content (AvgIpc) is 2.75. The minimum Gasteiger partial charge on any atom is -0.452 e. The zero-order valence-electron chi connectivity index (χ0n) is 11.0. The lowest BCUT2D eigenvalue weighted by molar-refractivity contribution is -0.124. The van der Waals surface area contributed by atoms with E-state index in [9.17, 15) is 18.0 Å². The van der Waals surface area contributed by atoms with Crippen LogP contribution < -0.4 is 5.32 Å². The van der Waals surface area contributed by atoms with E-state index in [1.54, 1.807) is 12.1 Å². The molecule has 0 unspecified atom stereocenters. The van der Waals surface area contributed by atoms with Crippen LogP contribution >= 0.6 is 11.6 Å². The predicted molar refractivity (Wildman–Crippen MR) is 76.9 cm³/mol. The van der Waals surface area contributed by atoms with Crippen LogP contribution in [-0.4, -0.2) is 44.4 Å². The first kappa shape index (κ1) is 15.8. The van der Waals surface area contributed by atoms with E-state index in [-0.39, 0.29) is 17.1 Å². The van der Waals surface area contributed by atoms with Crippen molar-refractivity contribution in [1.29, 1.82) is 0 Å². The van der Waals surface area contributed by atoms with Gasteiger partial charge in [0.25, 0.3) is 5.91 Å². The molecule has 1 saturated heterocycles. The minimum absolute atomic E-state index is 0.0685. The molecule has 2 rings (SSSR count). The van der Waals surface area contributed by atoms with Crippen molar-refractivity contribution < 1.29 is 22.7 Å². The van der Waals surface area contributed by atoms with Gasteiger partial charge in [0.05, 0.1) is 17.1 Å². The highest BCUT2D eigenvalue weighted by molar-refractivity contribution is 7.91. The molecule has 114 valence electrons. The van der Waals surface area contributed by atoms with Crippen molar-refractivity contribution in [2.24, 2.45) is 0 Å². The van der Waals surface area contributed by atoms with Crippen molar-refractivity contribution in [1.82, 2.24) is 5.32 Å². The fourth-order valence-electron chi connectivity index (χ4n) is 2.01. The second kappa shape index (κ2) is 6.44. The van der Waals surface area contributed by atoms with Crippen LogP contribution in [0.25, 0.3) is 0 Å². The highest BCUT2D eigenvalue weighted by atomic mass is 35.5. The Morgan fingerprint density at radius 3 is 2.76 bits per heavy atom. The third-order valence-electron chi connectivity index (χ3n) is 2.99. The van der Waals surface area contributed by atoms with E-state index in [4.69, 9.17) is 16.3 Å². The van der Waals surface area contributed by atoms with Crippen molar-refractivity contribution in [2.45, 2.75) is 12.5 Å². The number of sulfone groups is 1. The summed E-state index contributed by atoms with van der Waals surface area (Å²) in [4.78, 5) is 23.3. The summed E-state index contributed by atoms with van der Waals surface area (Å²) < 4.78 is 27.4. The Morgan fingerprint density at radius 1 is 1.38 bits per heavy atom. The normalized spacial score (nSPS) is 20.0. The molecule has 1 aliphatic heterocycles. The molecule has 1 atom stereocenters. The number of carbonyl (C=O) groups is 2. The lowest BCUT2D eigenvalue weighted by atomic mass is 10.2. The largest absolute Gasteiger partial charge is 0.452 e. The molecule has 1 amide bonds. The molecule has 1 aromatic rings. The summed E-state index contributed by atoms with van der Waals surface area (Å²) in [6.07, 6.45) is 0.385. The Bertz CT molecular complexity index is 658. The number of halogens is 1. The number of carbonyl (C=O) groups excluding carboxylic acids is 2. The van der Waals surface area contributed by atoms with Gasteiger partial charge in [0.2, 0.25) is 0 Å². The van der Waals surface area contributed by atoms with Gasteiger partial charge >= 0.3 is 5.97 Å². The standard InChI is InChI=1S/C13H14ClNO5S/c14-10-3-1-2-9(6-10)13(17)20-7-12(16)15-11-4-5-21(18,19)8-11/h1-3,6,11H,4-5,7-8H2,(H,15,16)/t11-/m1/s1. The molecule has 0 bridgehead atoms. The lowest BCUT2D eigenvalue weighted by Crippen LogP contribution is -2.38. The number of ether oxygens (including phenoxy) is 1. The van der Waals surface area contributed by atoms with Gasteiger partial charge in [-0.25, -0.2) is 13.2 Å². The molecule has 1 aliphatic rings. The summed E-state index contributed by atoms with van der Waals surface area (Å²) in [5.74, 6) is -1.18. The Kier molecular flexibility index (Phi) is 4.84.